The summed E-state index contributed by atoms with van der Waals surface area (Å²) >= 11 is 5.38. The van der Waals surface area contributed by atoms with Gasteiger partial charge in [0, 0.05) is 30.1 Å². The maximum absolute atomic E-state index is 11.0. The monoisotopic (exact) mass is 882 g/mol. The minimum absolute atomic E-state index is 0.106. The van der Waals surface area contributed by atoms with E-state index in [2.05, 4.69) is 163 Å². The zero-order chi connectivity index (χ0) is 43.7. The molecule has 6 aromatic rings. The Morgan fingerprint density at radius 3 is 1.42 bits per heavy atom. The summed E-state index contributed by atoms with van der Waals surface area (Å²) in [5, 5.41) is 21.8. The van der Waals surface area contributed by atoms with Crippen LogP contribution in [0.1, 0.15) is 95.9 Å². The van der Waals surface area contributed by atoms with Crippen LogP contribution in [0.5, 0.6) is 11.5 Å². The number of thioether (sulfide) groups is 2. The molecule has 0 bridgehead atoms. The molecular weight excluding hydrogens is 821 g/mol. The van der Waals surface area contributed by atoms with Crippen LogP contribution in [0.25, 0.3) is 11.1 Å². The maximum atomic E-state index is 11.0. The first-order valence-corrected chi connectivity index (χ1v) is 24.8. The highest BCUT2D eigenvalue weighted by atomic mass is 32.2. The Morgan fingerprint density at radius 2 is 0.952 bits per heavy atom. The van der Waals surface area contributed by atoms with Gasteiger partial charge in [0.05, 0.1) is 17.6 Å². The Balaban J connectivity index is 0.990. The summed E-state index contributed by atoms with van der Waals surface area (Å²) in [6.45, 7) is 14.0. The van der Waals surface area contributed by atoms with E-state index >= 15 is 0 Å². The summed E-state index contributed by atoms with van der Waals surface area (Å²) in [6.07, 6.45) is 3.93. The van der Waals surface area contributed by atoms with Gasteiger partial charge in [-0.05, 0) is 131 Å². The summed E-state index contributed by atoms with van der Waals surface area (Å²) in [7, 11) is 0. The molecule has 0 aromatic heterocycles. The van der Waals surface area contributed by atoms with Crippen molar-refractivity contribution in [2.45, 2.75) is 116 Å². The number of ether oxygens (including phenoxy) is 2. The van der Waals surface area contributed by atoms with E-state index in [0.717, 1.165) is 59.6 Å². The van der Waals surface area contributed by atoms with Crippen molar-refractivity contribution in [1.82, 2.24) is 0 Å². The second-order valence-electron chi connectivity index (χ2n) is 17.2. The Labute approximate surface area is 383 Å². The average molecular weight is 883 g/mol. The quantitative estimate of drug-likeness (QED) is 0.0697. The summed E-state index contributed by atoms with van der Waals surface area (Å²) in [6, 6.07) is 51.7. The molecule has 62 heavy (non-hydrogen) atoms. The lowest BCUT2D eigenvalue weighted by atomic mass is 9.68. The highest BCUT2D eigenvalue weighted by molar-refractivity contribution is 8.00. The third-order valence-corrected chi connectivity index (χ3v) is 16.8. The third kappa shape index (κ3) is 10.5. The van der Waals surface area contributed by atoms with E-state index in [0.29, 0.717) is 5.75 Å². The lowest BCUT2D eigenvalue weighted by Gasteiger charge is -2.34. The largest absolute Gasteiger partial charge is 0.491 e. The summed E-state index contributed by atoms with van der Waals surface area (Å²) in [5.41, 5.74) is 6.71. The molecule has 0 heterocycles. The SMILES string of the molecule is CCC(C)(CC)CC(O)COc1ccc(C2(c3ccc(OCC(O)CSc4ccc(Sc5ccc(SC(C)(CC)CC)cc5)cc4)cc3)c3ccccc3-c3ccccc32)cc1. The highest BCUT2D eigenvalue weighted by Gasteiger charge is 2.46. The van der Waals surface area contributed by atoms with Crippen molar-refractivity contribution in [3.05, 3.63) is 168 Å². The molecule has 0 spiro atoms. The zero-order valence-electron chi connectivity index (χ0n) is 37.1. The lowest BCUT2D eigenvalue weighted by Crippen LogP contribution is -2.28. The first-order valence-electron chi connectivity index (χ1n) is 22.2. The molecule has 0 aliphatic heterocycles. The van der Waals surface area contributed by atoms with Gasteiger partial charge in [0.15, 0.2) is 0 Å². The van der Waals surface area contributed by atoms with Crippen LogP contribution in [-0.2, 0) is 5.41 Å². The van der Waals surface area contributed by atoms with Crippen molar-refractivity contribution in [3.8, 4) is 22.6 Å². The van der Waals surface area contributed by atoms with E-state index in [1.807, 2.05) is 36.0 Å². The molecule has 0 radical (unpaired) electrons. The van der Waals surface area contributed by atoms with Gasteiger partial charge < -0.3 is 19.7 Å². The molecule has 2 N–H and O–H groups in total. The van der Waals surface area contributed by atoms with Crippen molar-refractivity contribution in [1.29, 1.82) is 0 Å². The van der Waals surface area contributed by atoms with Crippen molar-refractivity contribution in [2.24, 2.45) is 5.41 Å². The van der Waals surface area contributed by atoms with Gasteiger partial charge in [0.2, 0.25) is 0 Å². The van der Waals surface area contributed by atoms with Gasteiger partial charge in [-0.2, -0.15) is 0 Å². The number of aliphatic hydroxyl groups is 2. The van der Waals surface area contributed by atoms with E-state index in [1.54, 1.807) is 23.5 Å². The van der Waals surface area contributed by atoms with Gasteiger partial charge in [0.1, 0.15) is 24.7 Å². The molecular formula is C55H62O4S3. The Kier molecular flexibility index (Phi) is 15.2. The Morgan fingerprint density at radius 1 is 0.516 bits per heavy atom. The molecule has 0 fully saturated rings. The van der Waals surface area contributed by atoms with Crippen molar-refractivity contribution < 1.29 is 19.7 Å². The first kappa shape index (κ1) is 45.9. The normalized spacial score (nSPS) is 14.2. The molecule has 7 heteroatoms. The predicted octanol–water partition coefficient (Wildman–Crippen LogP) is 14.4. The Bertz CT molecular complexity index is 2290. The second kappa shape index (κ2) is 20.6. The number of fused-ring (bicyclic) bond motifs is 3. The number of benzene rings is 6. The molecule has 0 saturated heterocycles. The van der Waals surface area contributed by atoms with Crippen LogP contribution < -0.4 is 9.47 Å². The topological polar surface area (TPSA) is 58.9 Å². The standard InChI is InChI=1S/C55H62O4S3/c1-7-53(5,8-2)35-41(56)36-58-43-23-19-39(20-24-43)55(51-17-13-11-15-49(51)50-16-12-14-18-52(50)55)40-21-25-44(26-22-40)59-37-42(57)38-60-45-27-29-46(30-28-45)61-47-31-33-48(34-32-47)62-54(6,9-3)10-4/h11-34,41-42,56-57H,7-10,35-38H2,1-6H3. The number of hydrogen-bond acceptors (Lipinski definition) is 7. The van der Waals surface area contributed by atoms with Crippen molar-refractivity contribution in [2.75, 3.05) is 19.0 Å². The van der Waals surface area contributed by atoms with Crippen molar-refractivity contribution >= 4 is 35.3 Å². The molecule has 324 valence electrons. The maximum Gasteiger partial charge on any atom is 0.119 e. The van der Waals surface area contributed by atoms with E-state index in [1.165, 1.54) is 36.9 Å². The van der Waals surface area contributed by atoms with Gasteiger partial charge in [-0.15, -0.1) is 23.5 Å². The van der Waals surface area contributed by atoms with Crippen molar-refractivity contribution in [3.63, 3.8) is 0 Å². The van der Waals surface area contributed by atoms with Crippen LogP contribution >= 0.6 is 35.3 Å². The van der Waals surface area contributed by atoms with Crippen LogP contribution in [0.3, 0.4) is 0 Å². The minimum atomic E-state index is -0.628. The fourth-order valence-corrected chi connectivity index (χ4v) is 11.2. The molecule has 7 rings (SSSR count). The zero-order valence-corrected chi connectivity index (χ0v) is 39.6. The highest BCUT2D eigenvalue weighted by Crippen LogP contribution is 2.56. The molecule has 1 aliphatic rings. The van der Waals surface area contributed by atoms with E-state index in [4.69, 9.17) is 9.47 Å². The van der Waals surface area contributed by atoms with Gasteiger partial charge in [0.25, 0.3) is 0 Å². The van der Waals surface area contributed by atoms with Crippen LogP contribution in [0, 0.1) is 5.41 Å². The van der Waals surface area contributed by atoms with Gasteiger partial charge in [-0.25, -0.2) is 0 Å². The molecule has 0 saturated carbocycles. The fourth-order valence-electron chi connectivity index (χ4n) is 8.41. The van der Waals surface area contributed by atoms with Crippen LogP contribution in [0.15, 0.2) is 165 Å². The number of aliphatic hydroxyl groups excluding tert-OH is 2. The summed E-state index contributed by atoms with van der Waals surface area (Å²) in [5.74, 6) is 1.99. The Hall–Kier alpha value is -4.11. The molecule has 4 nitrogen and oxygen atoms in total. The second-order valence-corrected chi connectivity index (χ2v) is 21.1. The number of rotatable bonds is 21. The van der Waals surface area contributed by atoms with Gasteiger partial charge in [-0.3, -0.25) is 0 Å². The summed E-state index contributed by atoms with van der Waals surface area (Å²) in [4.78, 5) is 4.86. The van der Waals surface area contributed by atoms with Crippen LogP contribution in [0.4, 0.5) is 0 Å². The summed E-state index contributed by atoms with van der Waals surface area (Å²) < 4.78 is 12.6. The average Bonchev–Trinajstić information content (AvgIpc) is 3.62. The fraction of sp³-hybridized carbons (Fsp3) is 0.345. The van der Waals surface area contributed by atoms with E-state index in [9.17, 15) is 10.2 Å². The minimum Gasteiger partial charge on any atom is -0.491 e. The molecule has 2 atom stereocenters. The van der Waals surface area contributed by atoms with Gasteiger partial charge in [-0.1, -0.05) is 139 Å². The smallest absolute Gasteiger partial charge is 0.119 e. The first-order chi connectivity index (χ1) is 30.0. The molecule has 1 aliphatic carbocycles. The van der Waals surface area contributed by atoms with Crippen LogP contribution in [-0.4, -0.2) is 46.1 Å². The van der Waals surface area contributed by atoms with E-state index < -0.39 is 17.6 Å². The molecule has 0 amide bonds. The third-order valence-electron chi connectivity index (χ3n) is 13.0. The van der Waals surface area contributed by atoms with E-state index in [-0.39, 0.29) is 23.4 Å². The number of hydrogen-bond donors (Lipinski definition) is 2. The van der Waals surface area contributed by atoms with Gasteiger partial charge >= 0.3 is 0 Å². The van der Waals surface area contributed by atoms with Crippen LogP contribution in [0.2, 0.25) is 0 Å². The lowest BCUT2D eigenvalue weighted by molar-refractivity contribution is 0.0578. The molecule has 6 aromatic carbocycles. The predicted molar refractivity (Wildman–Crippen MR) is 263 cm³/mol. The molecule has 2 unspecified atom stereocenters.